The fraction of sp³-hybridized carbons (Fsp3) is 0.143. The van der Waals surface area contributed by atoms with Gasteiger partial charge in [0.2, 0.25) is 0 Å². The van der Waals surface area contributed by atoms with Crippen LogP contribution in [-0.4, -0.2) is 42.0 Å². The third-order valence-electron chi connectivity index (χ3n) is 14.3. The number of benzene rings is 8. The minimum atomic E-state index is -1.38. The molecular formula is C63H54N3O2P. The number of carbonyl (C=O) groups excluding carboxylic acids is 1. The van der Waals surface area contributed by atoms with Crippen molar-refractivity contribution < 1.29 is 9.53 Å². The highest BCUT2D eigenvalue weighted by molar-refractivity contribution is 7.80. The quantitative estimate of drug-likeness (QED) is 0.0925. The molecule has 0 spiro atoms. The van der Waals surface area contributed by atoms with Crippen LogP contribution in [0.2, 0.25) is 0 Å². The molecule has 5 atom stereocenters. The van der Waals surface area contributed by atoms with Crippen LogP contribution in [0.5, 0.6) is 5.75 Å². The van der Waals surface area contributed by atoms with Gasteiger partial charge >= 0.3 is 0 Å². The lowest BCUT2D eigenvalue weighted by molar-refractivity contribution is 0.00171. The van der Waals surface area contributed by atoms with Crippen LogP contribution in [0.4, 0.5) is 0 Å². The molecular weight excluding hydrogens is 862 g/mol. The fourth-order valence-electron chi connectivity index (χ4n) is 10.8. The Morgan fingerprint density at radius 1 is 0.652 bits per heavy atom. The molecule has 3 aliphatic heterocycles. The van der Waals surface area contributed by atoms with Crippen LogP contribution in [0.3, 0.4) is 0 Å². The molecule has 12 rings (SSSR count). The van der Waals surface area contributed by atoms with Gasteiger partial charge in [-0.05, 0) is 172 Å². The monoisotopic (exact) mass is 915 g/mol. The van der Waals surface area contributed by atoms with Crippen LogP contribution >= 0.6 is 7.92 Å². The molecule has 3 unspecified atom stereocenters. The first kappa shape index (κ1) is 44.1. The van der Waals surface area contributed by atoms with E-state index >= 15 is 4.79 Å². The molecule has 0 radical (unpaired) electrons. The molecule has 1 amide bonds. The molecule has 1 aromatic heterocycles. The lowest BCUT2D eigenvalue weighted by atomic mass is 9.73. The van der Waals surface area contributed by atoms with Gasteiger partial charge in [0, 0.05) is 29.7 Å². The van der Waals surface area contributed by atoms with E-state index in [-0.39, 0.29) is 18.0 Å². The normalized spacial score (nSPS) is 17.9. The van der Waals surface area contributed by atoms with E-state index in [1.807, 2.05) is 30.5 Å². The van der Waals surface area contributed by atoms with E-state index in [1.165, 1.54) is 0 Å². The number of aromatic nitrogens is 1. The highest BCUT2D eigenvalue weighted by Gasteiger charge is 2.43. The summed E-state index contributed by atoms with van der Waals surface area (Å²) >= 11 is 0. The molecule has 69 heavy (non-hydrogen) atoms. The number of amides is 1. The number of ether oxygens (including phenoxy) is 1. The van der Waals surface area contributed by atoms with Gasteiger partial charge in [0.05, 0.1) is 18.7 Å². The lowest BCUT2D eigenvalue weighted by Crippen LogP contribution is -2.57. The van der Waals surface area contributed by atoms with Gasteiger partial charge in [-0.1, -0.05) is 146 Å². The van der Waals surface area contributed by atoms with Gasteiger partial charge in [0.25, 0.3) is 5.91 Å². The fourth-order valence-corrected chi connectivity index (χ4v) is 13.4. The Kier molecular flexibility index (Phi) is 12.6. The molecule has 3 fully saturated rings. The molecule has 3 aliphatic rings. The summed E-state index contributed by atoms with van der Waals surface area (Å²) in [6.07, 6.45) is 6.12. The largest absolute Gasteiger partial charge is 0.497 e. The summed E-state index contributed by atoms with van der Waals surface area (Å²) in [6, 6.07) is 72.9. The number of methoxy groups -OCH3 is 1. The number of nitrogens with one attached hydrogen (secondary N) is 1. The molecule has 4 heterocycles. The summed E-state index contributed by atoms with van der Waals surface area (Å²) in [4.78, 5) is 23.2. The van der Waals surface area contributed by atoms with Crippen LogP contribution in [0.1, 0.15) is 34.8 Å². The number of pyridine rings is 1. The van der Waals surface area contributed by atoms with Crippen molar-refractivity contribution >= 4 is 40.6 Å². The SMILES string of the molecule is C=CC1CN2CCC1C[C@H]2[C@@H](NC(=O)c1ccccc1P(c1cc(-c2ccccc2)cc(-c2ccccc2)c1)c1cc(-c2ccccc2)cc(-c2ccccc2)c1)c1ccnc2ccc(OC)cc12. The smallest absolute Gasteiger partial charge is 0.252 e. The Balaban J connectivity index is 1.11. The van der Waals surface area contributed by atoms with Gasteiger partial charge in [-0.2, -0.15) is 0 Å². The van der Waals surface area contributed by atoms with Gasteiger partial charge in [-0.25, -0.2) is 0 Å². The van der Waals surface area contributed by atoms with Crippen molar-refractivity contribution in [2.45, 2.75) is 24.9 Å². The second-order valence-corrected chi connectivity index (χ2v) is 20.5. The Labute approximate surface area is 406 Å². The molecule has 5 nitrogen and oxygen atoms in total. The number of fused-ring (bicyclic) bond motifs is 4. The Bertz CT molecular complexity index is 3030. The zero-order valence-corrected chi connectivity index (χ0v) is 39.7. The van der Waals surface area contributed by atoms with Gasteiger partial charge in [-0.3, -0.25) is 14.7 Å². The molecule has 9 aromatic rings. The maximum Gasteiger partial charge on any atom is 0.252 e. The summed E-state index contributed by atoms with van der Waals surface area (Å²) < 4.78 is 5.77. The van der Waals surface area contributed by atoms with Gasteiger partial charge in [-0.15, -0.1) is 6.58 Å². The van der Waals surface area contributed by atoms with Crippen molar-refractivity contribution in [3.63, 3.8) is 0 Å². The maximum atomic E-state index is 15.8. The first-order chi connectivity index (χ1) is 34.0. The van der Waals surface area contributed by atoms with Crippen LogP contribution in [0, 0.1) is 11.8 Å². The molecule has 338 valence electrons. The number of rotatable bonds is 13. The van der Waals surface area contributed by atoms with E-state index in [0.29, 0.717) is 17.4 Å². The molecule has 0 saturated carbocycles. The van der Waals surface area contributed by atoms with Gasteiger partial charge in [0.1, 0.15) is 5.75 Å². The average Bonchev–Trinajstić information content (AvgIpc) is 3.43. The van der Waals surface area contributed by atoms with Crippen LogP contribution in [-0.2, 0) is 0 Å². The van der Waals surface area contributed by atoms with Crippen LogP contribution in [0.15, 0.2) is 225 Å². The second kappa shape index (κ2) is 19.7. The Hall–Kier alpha value is -7.43. The van der Waals surface area contributed by atoms with E-state index in [0.717, 1.165) is 109 Å². The first-order valence-electron chi connectivity index (χ1n) is 24.0. The van der Waals surface area contributed by atoms with Gasteiger partial charge in [0.15, 0.2) is 0 Å². The van der Waals surface area contributed by atoms with Crippen molar-refractivity contribution in [1.29, 1.82) is 0 Å². The number of piperidine rings is 3. The summed E-state index contributed by atoms with van der Waals surface area (Å²) in [5.41, 5.74) is 11.7. The number of nitrogens with zero attached hydrogens (tertiary/aromatic N) is 2. The average molecular weight is 916 g/mol. The maximum absolute atomic E-state index is 15.8. The number of hydrogen-bond acceptors (Lipinski definition) is 4. The molecule has 1 N–H and O–H groups in total. The third-order valence-corrected chi connectivity index (χ3v) is 16.7. The standard InChI is InChI=1S/C63H54N3O2P/c1-3-43-42-66-33-31-48(43)40-60(66)62(56-30-32-64-59-29-28-53(68-2)41-58(56)59)65-63(67)57-26-16-17-27-61(57)69(54-36-49(44-18-8-4-9-19-44)34-50(37-54)45-20-10-5-11-21-45)55-38-51(46-22-12-6-13-23-46)35-52(39-55)47-24-14-7-15-25-47/h3-30,32,34-39,41,43,48,60,62H,1,31,33,40,42H2,2H3,(H,65,67)/t43?,48?,60-,62-/m0/s1. The minimum Gasteiger partial charge on any atom is -0.497 e. The Morgan fingerprint density at radius 2 is 1.17 bits per heavy atom. The van der Waals surface area contributed by atoms with Crippen molar-refractivity contribution in [3.8, 4) is 50.3 Å². The number of carbonyl (C=O) groups is 1. The zero-order valence-electron chi connectivity index (χ0n) is 38.8. The van der Waals surface area contributed by atoms with Crippen molar-refractivity contribution in [2.75, 3.05) is 20.2 Å². The van der Waals surface area contributed by atoms with E-state index < -0.39 is 7.92 Å². The van der Waals surface area contributed by atoms with Crippen LogP contribution in [0.25, 0.3) is 55.4 Å². The topological polar surface area (TPSA) is 54.5 Å². The van der Waals surface area contributed by atoms with Crippen molar-refractivity contribution in [2.24, 2.45) is 11.8 Å². The van der Waals surface area contributed by atoms with E-state index in [4.69, 9.17) is 9.72 Å². The molecule has 2 bridgehead atoms. The predicted molar refractivity (Wildman–Crippen MR) is 287 cm³/mol. The van der Waals surface area contributed by atoms with Crippen molar-refractivity contribution in [3.05, 3.63) is 236 Å². The van der Waals surface area contributed by atoms with E-state index in [9.17, 15) is 0 Å². The number of hydrogen-bond donors (Lipinski definition) is 1. The molecule has 0 aliphatic carbocycles. The molecule has 6 heteroatoms. The van der Waals surface area contributed by atoms with E-state index in [2.05, 4.69) is 205 Å². The highest BCUT2D eigenvalue weighted by Crippen LogP contribution is 2.44. The highest BCUT2D eigenvalue weighted by atomic mass is 31.1. The Morgan fingerprint density at radius 3 is 1.67 bits per heavy atom. The summed E-state index contributed by atoms with van der Waals surface area (Å²) in [6.45, 7) is 6.15. The summed E-state index contributed by atoms with van der Waals surface area (Å²) in [5.74, 6) is 1.61. The van der Waals surface area contributed by atoms with Crippen molar-refractivity contribution in [1.82, 2.24) is 15.2 Å². The molecule has 3 saturated heterocycles. The lowest BCUT2D eigenvalue weighted by Gasteiger charge is -2.51. The van der Waals surface area contributed by atoms with Crippen LogP contribution < -0.4 is 26.0 Å². The predicted octanol–water partition coefficient (Wildman–Crippen LogP) is 13.0. The molecule has 8 aromatic carbocycles. The summed E-state index contributed by atoms with van der Waals surface area (Å²) in [5, 5.41) is 8.04. The first-order valence-corrected chi connectivity index (χ1v) is 25.4. The van der Waals surface area contributed by atoms with E-state index in [1.54, 1.807) is 7.11 Å². The zero-order chi connectivity index (χ0) is 46.7. The minimum absolute atomic E-state index is 0.0846. The summed E-state index contributed by atoms with van der Waals surface area (Å²) in [7, 11) is 0.322. The second-order valence-electron chi connectivity index (χ2n) is 18.3. The third kappa shape index (κ3) is 9.04. The van der Waals surface area contributed by atoms with Gasteiger partial charge < -0.3 is 10.1 Å².